The highest BCUT2D eigenvalue weighted by molar-refractivity contribution is 7.99. The first-order valence-corrected chi connectivity index (χ1v) is 7.89. The van der Waals surface area contributed by atoms with Crippen LogP contribution in [0.3, 0.4) is 0 Å². The Balaban J connectivity index is 2.57. The first kappa shape index (κ1) is 18.2. The van der Waals surface area contributed by atoms with E-state index in [0.717, 1.165) is 10.6 Å². The summed E-state index contributed by atoms with van der Waals surface area (Å²) in [4.78, 5) is 9.19. The average Bonchev–Trinajstić information content (AvgIpc) is 2.75. The highest BCUT2D eigenvalue weighted by Gasteiger charge is 2.32. The molecule has 10 heteroatoms. The van der Waals surface area contributed by atoms with Crippen molar-refractivity contribution < 1.29 is 13.2 Å². The van der Waals surface area contributed by atoms with E-state index in [1.807, 2.05) is 6.92 Å². The third kappa shape index (κ3) is 3.69. The van der Waals surface area contributed by atoms with Crippen molar-refractivity contribution in [3.8, 4) is 11.5 Å². The van der Waals surface area contributed by atoms with Crippen LogP contribution >= 0.6 is 11.8 Å². The molecule has 2 aromatic rings. The molecule has 0 bridgehead atoms. The Kier molecular flexibility index (Phi) is 5.17. The standard InChI is InChI=1S/C14H15BF3N5S/c1-3-24-9-4-7(15)6-21-11(9)13-22-8(12(20)23(13)2)5-10(19)14(16,17)18/h4-6H,3,19-20H2,1-2H3/b10-5-. The molecule has 0 saturated heterocycles. The van der Waals surface area contributed by atoms with Gasteiger partial charge in [-0.2, -0.15) is 13.2 Å². The van der Waals surface area contributed by atoms with Crippen molar-refractivity contribution in [1.29, 1.82) is 0 Å². The van der Waals surface area contributed by atoms with Crippen LogP contribution in [-0.2, 0) is 7.05 Å². The number of nitrogens with two attached hydrogens (primary N) is 2. The predicted molar refractivity (Wildman–Crippen MR) is 90.9 cm³/mol. The van der Waals surface area contributed by atoms with Crippen molar-refractivity contribution in [2.24, 2.45) is 12.8 Å². The lowest BCUT2D eigenvalue weighted by Gasteiger charge is -2.08. The second-order valence-corrected chi connectivity index (χ2v) is 6.22. The van der Waals surface area contributed by atoms with Crippen LogP contribution in [0, 0.1) is 0 Å². The molecule has 24 heavy (non-hydrogen) atoms. The second kappa shape index (κ2) is 6.80. The van der Waals surface area contributed by atoms with Gasteiger partial charge in [0.25, 0.3) is 0 Å². The number of nitrogens with zero attached hydrogens (tertiary/aromatic N) is 3. The molecule has 0 aliphatic carbocycles. The summed E-state index contributed by atoms with van der Waals surface area (Å²) in [5.74, 6) is 1.17. The van der Waals surface area contributed by atoms with Crippen molar-refractivity contribution in [3.63, 3.8) is 0 Å². The van der Waals surface area contributed by atoms with Crippen LogP contribution in [0.15, 0.2) is 22.9 Å². The number of rotatable bonds is 4. The van der Waals surface area contributed by atoms with Gasteiger partial charge >= 0.3 is 6.18 Å². The molecule has 0 amide bonds. The van der Waals surface area contributed by atoms with Crippen molar-refractivity contribution in [1.82, 2.24) is 14.5 Å². The van der Waals surface area contributed by atoms with E-state index in [1.165, 1.54) is 22.5 Å². The minimum Gasteiger partial charge on any atom is -0.395 e. The van der Waals surface area contributed by atoms with Gasteiger partial charge in [0.2, 0.25) is 0 Å². The average molecular weight is 353 g/mol. The Bertz CT molecular complexity index is 785. The fourth-order valence-electron chi connectivity index (χ4n) is 1.97. The van der Waals surface area contributed by atoms with Crippen LogP contribution in [0.25, 0.3) is 17.6 Å². The number of imidazole rings is 1. The number of aromatic nitrogens is 3. The smallest absolute Gasteiger partial charge is 0.395 e. The van der Waals surface area contributed by atoms with Crippen LogP contribution < -0.4 is 16.9 Å². The number of pyridine rings is 1. The van der Waals surface area contributed by atoms with E-state index >= 15 is 0 Å². The maximum atomic E-state index is 12.6. The van der Waals surface area contributed by atoms with E-state index in [4.69, 9.17) is 19.3 Å². The van der Waals surface area contributed by atoms with Crippen LogP contribution in [0.2, 0.25) is 0 Å². The summed E-state index contributed by atoms with van der Waals surface area (Å²) in [7, 11) is 7.34. The molecule has 0 saturated carbocycles. The number of hydrogen-bond donors (Lipinski definition) is 2. The highest BCUT2D eigenvalue weighted by atomic mass is 32.2. The Morgan fingerprint density at radius 1 is 1.46 bits per heavy atom. The highest BCUT2D eigenvalue weighted by Crippen LogP contribution is 2.31. The predicted octanol–water partition coefficient (Wildman–Crippen LogP) is 1.83. The van der Waals surface area contributed by atoms with Crippen LogP contribution in [-0.4, -0.2) is 34.3 Å². The number of alkyl halides is 3. The largest absolute Gasteiger partial charge is 0.430 e. The van der Waals surface area contributed by atoms with E-state index in [2.05, 4.69) is 9.97 Å². The molecular weight excluding hydrogens is 338 g/mol. The number of nitrogen functional groups attached to an aromatic ring is 1. The summed E-state index contributed by atoms with van der Waals surface area (Å²) < 4.78 is 39.3. The van der Waals surface area contributed by atoms with E-state index < -0.39 is 11.9 Å². The van der Waals surface area contributed by atoms with E-state index in [-0.39, 0.29) is 11.5 Å². The Hall–Kier alpha value is -2.10. The Morgan fingerprint density at radius 2 is 2.12 bits per heavy atom. The zero-order valence-electron chi connectivity index (χ0n) is 13.1. The molecule has 2 radical (unpaired) electrons. The Labute approximate surface area is 142 Å². The number of hydrogen-bond acceptors (Lipinski definition) is 5. The summed E-state index contributed by atoms with van der Waals surface area (Å²) in [5, 5.41) is 0. The molecule has 0 aliphatic heterocycles. The Morgan fingerprint density at radius 3 is 2.71 bits per heavy atom. The van der Waals surface area contributed by atoms with Gasteiger partial charge in [-0.25, -0.2) is 4.98 Å². The lowest BCUT2D eigenvalue weighted by atomic mass is 9.99. The quantitative estimate of drug-likeness (QED) is 0.647. The van der Waals surface area contributed by atoms with Gasteiger partial charge in [-0.05, 0) is 11.8 Å². The molecule has 2 heterocycles. The number of halogens is 3. The molecule has 4 N–H and O–H groups in total. The molecule has 5 nitrogen and oxygen atoms in total. The fourth-order valence-corrected chi connectivity index (χ4v) is 2.78. The van der Waals surface area contributed by atoms with Gasteiger partial charge < -0.3 is 16.0 Å². The van der Waals surface area contributed by atoms with Gasteiger partial charge in [-0.3, -0.25) is 4.98 Å². The van der Waals surface area contributed by atoms with E-state index in [9.17, 15) is 13.2 Å². The van der Waals surface area contributed by atoms with Gasteiger partial charge in [0.1, 0.15) is 30.7 Å². The molecule has 0 aliphatic rings. The second-order valence-electron chi connectivity index (χ2n) is 4.91. The van der Waals surface area contributed by atoms with Gasteiger partial charge in [-0.15, -0.1) is 11.8 Å². The summed E-state index contributed by atoms with van der Waals surface area (Å²) in [6.07, 6.45) is -2.48. The maximum absolute atomic E-state index is 12.6. The number of allylic oxidation sites excluding steroid dienone is 1. The fraction of sp³-hybridized carbons (Fsp3) is 0.286. The van der Waals surface area contributed by atoms with Crippen molar-refractivity contribution in [3.05, 3.63) is 23.7 Å². The topological polar surface area (TPSA) is 82.8 Å². The zero-order valence-corrected chi connectivity index (χ0v) is 13.9. The lowest BCUT2D eigenvalue weighted by molar-refractivity contribution is -0.0916. The molecular formula is C14H15BF3N5S. The van der Waals surface area contributed by atoms with Gasteiger partial charge in [0.15, 0.2) is 5.82 Å². The summed E-state index contributed by atoms with van der Waals surface area (Å²) in [6, 6.07) is 1.74. The number of thioether (sulfide) groups is 1. The summed E-state index contributed by atoms with van der Waals surface area (Å²) >= 11 is 1.50. The zero-order chi connectivity index (χ0) is 18.1. The van der Waals surface area contributed by atoms with Gasteiger partial charge in [0, 0.05) is 18.1 Å². The molecule has 2 aromatic heterocycles. The molecule has 0 aromatic carbocycles. The first-order chi connectivity index (χ1) is 11.1. The summed E-state index contributed by atoms with van der Waals surface area (Å²) in [5.41, 5.74) is 10.5. The molecule has 0 atom stereocenters. The van der Waals surface area contributed by atoms with E-state index in [0.29, 0.717) is 23.1 Å². The third-order valence-electron chi connectivity index (χ3n) is 3.17. The monoisotopic (exact) mass is 353 g/mol. The van der Waals surface area contributed by atoms with E-state index in [1.54, 1.807) is 13.1 Å². The minimum atomic E-state index is -4.65. The first-order valence-electron chi connectivity index (χ1n) is 6.90. The van der Waals surface area contributed by atoms with Crippen LogP contribution in [0.4, 0.5) is 19.0 Å². The molecule has 0 unspecified atom stereocenters. The van der Waals surface area contributed by atoms with Gasteiger partial charge in [-0.1, -0.05) is 18.5 Å². The van der Waals surface area contributed by atoms with Crippen LogP contribution in [0.1, 0.15) is 12.6 Å². The third-order valence-corrected chi connectivity index (χ3v) is 4.08. The number of anilines is 1. The maximum Gasteiger partial charge on any atom is 0.430 e. The molecule has 126 valence electrons. The lowest BCUT2D eigenvalue weighted by Crippen LogP contribution is -2.19. The van der Waals surface area contributed by atoms with Crippen LogP contribution in [0.5, 0.6) is 0 Å². The SMILES string of the molecule is [B]c1cnc(-c2nc(/C=C(\N)C(F)(F)F)c(N)n2C)c(SCC)c1. The normalized spacial score (nSPS) is 12.6. The van der Waals surface area contributed by atoms with Crippen molar-refractivity contribution in [2.45, 2.75) is 18.0 Å². The van der Waals surface area contributed by atoms with Crippen molar-refractivity contribution in [2.75, 3.05) is 11.5 Å². The van der Waals surface area contributed by atoms with Gasteiger partial charge in [0.05, 0.1) is 0 Å². The summed E-state index contributed by atoms with van der Waals surface area (Å²) in [6.45, 7) is 1.96. The minimum absolute atomic E-state index is 0.0586. The molecule has 0 spiro atoms. The molecule has 2 rings (SSSR count). The molecule has 0 fully saturated rings. The van der Waals surface area contributed by atoms with Crippen molar-refractivity contribution >= 4 is 37.0 Å².